The average molecular weight is 265 g/mol. The summed E-state index contributed by atoms with van der Waals surface area (Å²) in [6.45, 7) is 2.91. The molecule has 0 radical (unpaired) electrons. The van der Waals surface area contributed by atoms with Crippen molar-refractivity contribution in [1.29, 1.82) is 0 Å². The number of nitrogens with two attached hydrogens (primary N) is 1. The van der Waals surface area contributed by atoms with Gasteiger partial charge in [-0.1, -0.05) is 0 Å². The van der Waals surface area contributed by atoms with Gasteiger partial charge in [0.1, 0.15) is 18.2 Å². The molecule has 4 N–H and O–H groups in total. The van der Waals surface area contributed by atoms with E-state index in [4.69, 9.17) is 10.6 Å². The fourth-order valence-corrected chi connectivity index (χ4v) is 1.96. The molecule has 0 saturated carbocycles. The van der Waals surface area contributed by atoms with Crippen LogP contribution in [0.4, 0.5) is 17.3 Å². The van der Waals surface area contributed by atoms with Crippen LogP contribution in [0.15, 0.2) is 22.9 Å². The van der Waals surface area contributed by atoms with Gasteiger partial charge in [0.25, 0.3) is 0 Å². The van der Waals surface area contributed by atoms with Crippen molar-refractivity contribution in [2.45, 2.75) is 13.5 Å². The third-order valence-electron chi connectivity index (χ3n) is 2.15. The lowest BCUT2D eigenvalue weighted by Gasteiger charge is -2.08. The zero-order valence-electron chi connectivity index (χ0n) is 10.0. The van der Waals surface area contributed by atoms with Crippen molar-refractivity contribution in [3.63, 3.8) is 0 Å². The second-order valence-corrected chi connectivity index (χ2v) is 4.25. The number of hydrazine groups is 1. The van der Waals surface area contributed by atoms with Gasteiger partial charge in [-0.25, -0.2) is 15.8 Å². The first-order valence-corrected chi connectivity index (χ1v) is 6.47. The summed E-state index contributed by atoms with van der Waals surface area (Å²) in [4.78, 5) is 8.56. The first-order chi connectivity index (χ1) is 8.81. The molecular formula is C11H15N5OS. The molecule has 0 saturated heterocycles. The van der Waals surface area contributed by atoms with E-state index in [-0.39, 0.29) is 0 Å². The van der Waals surface area contributed by atoms with E-state index in [0.29, 0.717) is 30.7 Å². The van der Waals surface area contributed by atoms with Crippen molar-refractivity contribution in [3.05, 3.63) is 28.7 Å². The van der Waals surface area contributed by atoms with Gasteiger partial charge in [0.05, 0.1) is 5.69 Å². The van der Waals surface area contributed by atoms with E-state index in [1.54, 1.807) is 17.4 Å². The Morgan fingerprint density at radius 3 is 2.89 bits per heavy atom. The van der Waals surface area contributed by atoms with Crippen molar-refractivity contribution in [3.8, 4) is 0 Å². The van der Waals surface area contributed by atoms with Crippen LogP contribution in [0.25, 0.3) is 0 Å². The van der Waals surface area contributed by atoms with Gasteiger partial charge >= 0.3 is 0 Å². The number of nitrogen functional groups attached to an aromatic ring is 1. The highest BCUT2D eigenvalue weighted by molar-refractivity contribution is 7.08. The van der Waals surface area contributed by atoms with Crippen LogP contribution in [-0.2, 0) is 11.3 Å². The molecule has 0 spiro atoms. The summed E-state index contributed by atoms with van der Waals surface area (Å²) in [5, 5.41) is 7.18. The quantitative estimate of drug-likeness (QED) is 0.548. The topological polar surface area (TPSA) is 85.1 Å². The lowest BCUT2D eigenvalue weighted by Crippen LogP contribution is -2.12. The molecule has 0 aliphatic carbocycles. The summed E-state index contributed by atoms with van der Waals surface area (Å²) in [5.41, 5.74) is 3.51. The minimum Gasteiger partial charge on any atom is -0.374 e. The molecule has 2 rings (SSSR count). The van der Waals surface area contributed by atoms with Gasteiger partial charge in [0, 0.05) is 18.1 Å². The van der Waals surface area contributed by atoms with Crippen molar-refractivity contribution in [2.24, 2.45) is 5.84 Å². The van der Waals surface area contributed by atoms with Crippen LogP contribution >= 0.6 is 11.3 Å². The van der Waals surface area contributed by atoms with E-state index in [2.05, 4.69) is 20.7 Å². The van der Waals surface area contributed by atoms with Gasteiger partial charge in [-0.2, -0.15) is 11.3 Å². The van der Waals surface area contributed by atoms with Gasteiger partial charge in [0.15, 0.2) is 5.82 Å². The zero-order chi connectivity index (χ0) is 12.8. The second kappa shape index (κ2) is 6.29. The van der Waals surface area contributed by atoms with E-state index in [1.807, 2.05) is 23.8 Å². The molecule has 2 aromatic rings. The maximum Gasteiger partial charge on any atom is 0.158 e. The lowest BCUT2D eigenvalue weighted by atomic mass is 10.4. The maximum atomic E-state index is 5.38. The third-order valence-corrected chi connectivity index (χ3v) is 2.83. The van der Waals surface area contributed by atoms with Crippen LogP contribution in [0.2, 0.25) is 0 Å². The third kappa shape index (κ3) is 3.39. The average Bonchev–Trinajstić information content (AvgIpc) is 2.89. The number of aromatic nitrogens is 2. The molecule has 96 valence electrons. The number of rotatable bonds is 6. The molecular weight excluding hydrogens is 250 g/mol. The molecule has 0 amide bonds. The second-order valence-electron chi connectivity index (χ2n) is 3.47. The molecule has 0 aromatic carbocycles. The fourth-order valence-electron chi connectivity index (χ4n) is 1.38. The number of ether oxygens (including phenoxy) is 1. The molecule has 2 heterocycles. The zero-order valence-corrected chi connectivity index (χ0v) is 10.8. The molecule has 6 nitrogen and oxygen atoms in total. The van der Waals surface area contributed by atoms with Crippen molar-refractivity contribution in [2.75, 3.05) is 17.3 Å². The molecule has 0 aliphatic rings. The number of nitrogens with one attached hydrogen (secondary N) is 2. The summed E-state index contributed by atoms with van der Waals surface area (Å²) in [7, 11) is 0. The normalized spacial score (nSPS) is 10.3. The highest BCUT2D eigenvalue weighted by Gasteiger charge is 2.04. The van der Waals surface area contributed by atoms with Crippen molar-refractivity contribution < 1.29 is 4.74 Å². The predicted octanol–water partition coefficient (Wildman–Crippen LogP) is 2.10. The fraction of sp³-hybridized carbons (Fsp3) is 0.273. The van der Waals surface area contributed by atoms with E-state index < -0.39 is 0 Å². The summed E-state index contributed by atoms with van der Waals surface area (Å²) < 4.78 is 5.29. The molecule has 0 fully saturated rings. The van der Waals surface area contributed by atoms with Crippen LogP contribution < -0.4 is 16.6 Å². The van der Waals surface area contributed by atoms with Crippen LogP contribution in [0.5, 0.6) is 0 Å². The van der Waals surface area contributed by atoms with Crippen LogP contribution in [-0.4, -0.2) is 16.6 Å². The standard InChI is InChI=1S/C11H15N5OS/c1-2-17-6-11-14-9(5-10(15-11)16-12)13-8-3-4-18-7-8/h3-5,7H,2,6,12H2,1H3,(H2,13,14,15,16). The predicted molar refractivity (Wildman–Crippen MR) is 72.8 cm³/mol. The van der Waals surface area contributed by atoms with E-state index in [9.17, 15) is 0 Å². The number of nitrogens with zero attached hydrogens (tertiary/aromatic N) is 2. The Bertz CT molecular complexity index is 488. The Morgan fingerprint density at radius 1 is 1.39 bits per heavy atom. The van der Waals surface area contributed by atoms with Gasteiger partial charge < -0.3 is 15.5 Å². The van der Waals surface area contributed by atoms with E-state index in [0.717, 1.165) is 5.69 Å². The summed E-state index contributed by atoms with van der Waals surface area (Å²) >= 11 is 1.62. The largest absolute Gasteiger partial charge is 0.374 e. The monoisotopic (exact) mass is 265 g/mol. The molecule has 0 atom stereocenters. The molecule has 2 aromatic heterocycles. The molecule has 0 aliphatic heterocycles. The Labute approximate surface area is 109 Å². The summed E-state index contributed by atoms with van der Waals surface area (Å²) in [5.74, 6) is 7.21. The van der Waals surface area contributed by atoms with Crippen molar-refractivity contribution in [1.82, 2.24) is 9.97 Å². The lowest BCUT2D eigenvalue weighted by molar-refractivity contribution is 0.128. The van der Waals surface area contributed by atoms with Gasteiger partial charge in [-0.3, -0.25) is 0 Å². The minimum atomic E-state index is 0.365. The Balaban J connectivity index is 2.17. The first-order valence-electron chi connectivity index (χ1n) is 5.53. The summed E-state index contributed by atoms with van der Waals surface area (Å²) in [6.07, 6.45) is 0. The Kier molecular flexibility index (Phi) is 4.46. The van der Waals surface area contributed by atoms with Crippen molar-refractivity contribution >= 4 is 28.7 Å². The molecule has 0 bridgehead atoms. The van der Waals surface area contributed by atoms with Gasteiger partial charge in [-0.05, 0) is 18.4 Å². The smallest absolute Gasteiger partial charge is 0.158 e. The molecule has 7 heteroatoms. The van der Waals surface area contributed by atoms with E-state index >= 15 is 0 Å². The van der Waals surface area contributed by atoms with Crippen LogP contribution in [0.1, 0.15) is 12.7 Å². The highest BCUT2D eigenvalue weighted by Crippen LogP contribution is 2.19. The first kappa shape index (κ1) is 12.7. The van der Waals surface area contributed by atoms with Gasteiger partial charge in [0.2, 0.25) is 0 Å². The number of anilines is 3. The summed E-state index contributed by atoms with van der Waals surface area (Å²) in [6, 6.07) is 3.72. The number of hydrogen-bond donors (Lipinski definition) is 3. The SMILES string of the molecule is CCOCc1nc(NN)cc(Nc2ccsc2)n1. The van der Waals surface area contributed by atoms with E-state index in [1.165, 1.54) is 0 Å². The maximum absolute atomic E-state index is 5.38. The van der Waals surface area contributed by atoms with Gasteiger partial charge in [-0.15, -0.1) is 0 Å². The van der Waals surface area contributed by atoms with Crippen LogP contribution in [0, 0.1) is 0 Å². The van der Waals surface area contributed by atoms with Crippen LogP contribution in [0.3, 0.4) is 0 Å². The Morgan fingerprint density at radius 2 is 2.22 bits per heavy atom. The highest BCUT2D eigenvalue weighted by atomic mass is 32.1. The molecule has 0 unspecified atom stereocenters. The number of hydrogen-bond acceptors (Lipinski definition) is 7. The number of thiophene rings is 1. The molecule has 18 heavy (non-hydrogen) atoms. The Hall–Kier alpha value is -1.70. The minimum absolute atomic E-state index is 0.365.